The minimum atomic E-state index is -4.78. The number of methoxy groups -OCH3 is 1. The van der Waals surface area contributed by atoms with Crippen LogP contribution in [0.4, 0.5) is 28.4 Å². The molecule has 19 nitrogen and oxygen atoms in total. The standard InChI is InChI=1S/C61H73N11O8S/c1-39(2)46-8-5-6-9-47(46)52-37-68(36-41-10-13-45(79-4)14-11-41)27-28-70(52)44-33-61(34-44)21-25-69(26-22-61)43-12-15-48(49(31-43)71-24-7-29-80-59-51(71)30-42-18-23-62-57(42)66-59)58(73)67-81(77,78)53-32-50(72(75)76)54(56-55(53)64-38-65-56)63-35-40-16-19-60(3,74)20-17-40/h5-6,8-15,18,23,30-32,38-40,44,52,63,74H,7,16-17,19-22,24-29,33-37H2,1-4H3,(H,62,66)(H,64,65)(H,67,73)/t40-,52?,60-. The SMILES string of the molecule is COc1ccc(CN2CCN(C3CC4(CCN(c5ccc(C(=O)NS(=O)(=O)c6cc([N+](=O)[O-])c(NC[C@H]7CC[C@](C)(O)CC7)c7[nH]cnc67)c(N6CCCOc7nc8[nH]ccc8cc76)c5)CC4)C3)C(c3ccccc3C(C)C)C2)cc1. The first kappa shape index (κ1) is 54.3. The van der Waals surface area contributed by atoms with Crippen molar-refractivity contribution in [3.05, 3.63) is 130 Å². The molecule has 2 saturated carbocycles. The molecule has 5 aliphatic rings. The predicted molar refractivity (Wildman–Crippen MR) is 313 cm³/mol. The number of ether oxygens (including phenoxy) is 2. The number of nitro groups is 1. The summed E-state index contributed by atoms with van der Waals surface area (Å²) in [5.41, 5.74) is 6.09. The lowest BCUT2D eigenvalue weighted by Crippen LogP contribution is -2.60. The Morgan fingerprint density at radius 3 is 2.48 bits per heavy atom. The summed E-state index contributed by atoms with van der Waals surface area (Å²) >= 11 is 0. The molecule has 4 aromatic carbocycles. The van der Waals surface area contributed by atoms with Crippen LogP contribution >= 0.6 is 0 Å². The van der Waals surface area contributed by atoms with Crippen molar-refractivity contribution in [2.75, 3.05) is 74.6 Å². The third kappa shape index (κ3) is 10.9. The van der Waals surface area contributed by atoms with Crippen LogP contribution in [0.2, 0.25) is 0 Å². The van der Waals surface area contributed by atoms with E-state index >= 15 is 0 Å². The normalized spacial score (nSPS) is 21.9. The fraction of sp³-hybridized carbons (Fsp3) is 0.459. The second-order valence-corrected chi connectivity index (χ2v) is 25.5. The Morgan fingerprint density at radius 1 is 0.951 bits per heavy atom. The third-order valence-corrected chi connectivity index (χ3v) is 19.6. The van der Waals surface area contributed by atoms with Crippen molar-refractivity contribution in [2.45, 2.75) is 114 Å². The van der Waals surface area contributed by atoms with E-state index in [2.05, 4.69) is 89.9 Å². The summed E-state index contributed by atoms with van der Waals surface area (Å²) in [4.78, 5) is 51.4. The van der Waals surface area contributed by atoms with Crippen molar-refractivity contribution in [1.82, 2.24) is 34.5 Å². The number of nitrogens with zero attached hydrogens (tertiary/aromatic N) is 7. The van der Waals surface area contributed by atoms with E-state index in [9.17, 15) is 28.4 Å². The number of hydrogen-bond donors (Lipinski definition) is 5. The quantitative estimate of drug-likeness (QED) is 0.0475. The molecule has 2 saturated heterocycles. The zero-order valence-corrected chi connectivity index (χ0v) is 47.4. The van der Waals surface area contributed by atoms with Gasteiger partial charge < -0.3 is 39.7 Å². The third-order valence-electron chi connectivity index (χ3n) is 18.2. The van der Waals surface area contributed by atoms with Crippen LogP contribution in [-0.4, -0.2) is 125 Å². The number of H-pyrrole nitrogens is 2. The van der Waals surface area contributed by atoms with Crippen LogP contribution in [0.3, 0.4) is 0 Å². The van der Waals surface area contributed by atoms with Crippen LogP contribution in [0.5, 0.6) is 11.6 Å². The molecule has 1 unspecified atom stereocenters. The van der Waals surface area contributed by atoms with E-state index in [4.69, 9.17) is 14.5 Å². The first-order valence-electron chi connectivity index (χ1n) is 28.7. The number of aromatic nitrogens is 4. The minimum Gasteiger partial charge on any atom is -0.497 e. The number of nitro benzene ring substituents is 1. The summed E-state index contributed by atoms with van der Waals surface area (Å²) in [6.07, 6.45) is 10.7. The lowest BCUT2D eigenvalue weighted by Gasteiger charge is -2.58. The average molecular weight is 1120 g/mol. The molecule has 7 aromatic rings. The predicted octanol–water partition coefficient (Wildman–Crippen LogP) is 10.2. The summed E-state index contributed by atoms with van der Waals surface area (Å²) in [5.74, 6) is 0.898. The van der Waals surface area contributed by atoms with Gasteiger partial charge in [0.05, 0.1) is 47.3 Å². The van der Waals surface area contributed by atoms with Gasteiger partial charge in [0.25, 0.3) is 21.6 Å². The number of piperazine rings is 1. The smallest absolute Gasteiger partial charge is 0.296 e. The van der Waals surface area contributed by atoms with Crippen molar-refractivity contribution in [3.63, 3.8) is 0 Å². The molecule has 3 aromatic heterocycles. The van der Waals surface area contributed by atoms with E-state index in [1.165, 1.54) is 23.0 Å². The summed E-state index contributed by atoms with van der Waals surface area (Å²) < 4.78 is 43.1. The van der Waals surface area contributed by atoms with Gasteiger partial charge in [-0.05, 0) is 141 Å². The Hall–Kier alpha value is -7.26. The molecule has 3 aliphatic heterocycles. The largest absolute Gasteiger partial charge is 0.497 e. The topological polar surface area (TPSA) is 227 Å². The number of piperidine rings is 1. The van der Waals surface area contributed by atoms with Gasteiger partial charge in [-0.25, -0.2) is 18.1 Å². The number of amides is 1. The summed E-state index contributed by atoms with van der Waals surface area (Å²) in [6, 6.07) is 28.6. The number of aromatic amines is 2. The highest BCUT2D eigenvalue weighted by Gasteiger charge is 2.50. The van der Waals surface area contributed by atoms with Crippen molar-refractivity contribution >= 4 is 66.4 Å². The van der Waals surface area contributed by atoms with Crippen LogP contribution in [0.1, 0.15) is 118 Å². The highest BCUT2D eigenvalue weighted by atomic mass is 32.2. The molecule has 1 amide bonds. The van der Waals surface area contributed by atoms with Crippen LogP contribution in [0.25, 0.3) is 22.1 Å². The van der Waals surface area contributed by atoms with Gasteiger partial charge in [-0.2, -0.15) is 4.98 Å². The maximum Gasteiger partial charge on any atom is 0.296 e. The Bertz CT molecular complexity index is 3580. The number of rotatable bonds is 15. The number of anilines is 4. The molecule has 1 atom stereocenters. The van der Waals surface area contributed by atoms with Crippen LogP contribution in [-0.2, 0) is 16.6 Å². The van der Waals surface area contributed by atoms with E-state index in [-0.39, 0.29) is 39.7 Å². The van der Waals surface area contributed by atoms with Gasteiger partial charge in [0.15, 0.2) is 0 Å². The Kier molecular flexibility index (Phi) is 14.7. The second kappa shape index (κ2) is 21.9. The maximum absolute atomic E-state index is 14.8. The van der Waals surface area contributed by atoms with Gasteiger partial charge in [0, 0.05) is 87.8 Å². The van der Waals surface area contributed by atoms with Gasteiger partial charge in [-0.1, -0.05) is 50.2 Å². The summed E-state index contributed by atoms with van der Waals surface area (Å²) in [6.45, 7) is 13.1. The number of carbonyl (C=O) groups is 1. The van der Waals surface area contributed by atoms with Crippen molar-refractivity contribution < 1.29 is 32.7 Å². The number of sulfonamides is 1. The Morgan fingerprint density at radius 2 is 1.73 bits per heavy atom. The zero-order valence-electron chi connectivity index (χ0n) is 46.6. The van der Waals surface area contributed by atoms with Crippen LogP contribution in [0.15, 0.2) is 102 Å². The number of carbonyl (C=O) groups excluding carboxylic acids is 1. The number of nitrogens with one attached hydrogen (secondary N) is 4. The van der Waals surface area contributed by atoms with E-state index in [1.54, 1.807) is 19.4 Å². The minimum absolute atomic E-state index is 0.0500. The molecule has 4 fully saturated rings. The number of hydrogen-bond acceptors (Lipinski definition) is 15. The molecule has 20 heteroatoms. The van der Waals surface area contributed by atoms with Crippen molar-refractivity contribution in [1.29, 1.82) is 0 Å². The lowest BCUT2D eigenvalue weighted by molar-refractivity contribution is -0.384. The second-order valence-electron chi connectivity index (χ2n) is 23.9. The molecule has 0 radical (unpaired) electrons. The van der Waals surface area contributed by atoms with E-state index in [1.807, 2.05) is 48.2 Å². The first-order chi connectivity index (χ1) is 39.0. The zero-order chi connectivity index (χ0) is 56.2. The number of benzene rings is 4. The van der Waals surface area contributed by atoms with E-state index < -0.39 is 37.0 Å². The van der Waals surface area contributed by atoms with Gasteiger partial charge in [-0.15, -0.1) is 0 Å². The fourth-order valence-electron chi connectivity index (χ4n) is 13.6. The van der Waals surface area contributed by atoms with E-state index in [0.717, 1.165) is 101 Å². The van der Waals surface area contributed by atoms with Crippen molar-refractivity contribution in [3.8, 4) is 11.6 Å². The summed E-state index contributed by atoms with van der Waals surface area (Å²) in [5, 5.41) is 27.2. The molecule has 81 heavy (non-hydrogen) atoms. The number of pyridine rings is 1. The molecule has 2 aliphatic carbocycles. The Labute approximate surface area is 472 Å². The van der Waals surface area contributed by atoms with Gasteiger partial charge in [0.1, 0.15) is 33.2 Å². The average Bonchev–Trinajstić information content (AvgIpc) is 4.23. The van der Waals surface area contributed by atoms with Crippen LogP contribution in [0, 0.1) is 21.4 Å². The molecule has 426 valence electrons. The highest BCUT2D eigenvalue weighted by Crippen LogP contribution is 2.54. The molecule has 12 rings (SSSR count). The lowest BCUT2D eigenvalue weighted by atomic mass is 9.59. The molecule has 1 spiro atoms. The van der Waals surface area contributed by atoms with Gasteiger partial charge in [-0.3, -0.25) is 24.7 Å². The monoisotopic (exact) mass is 1120 g/mol. The fourth-order valence-corrected chi connectivity index (χ4v) is 14.7. The Balaban J connectivity index is 0.796. The molecular weight excluding hydrogens is 1050 g/mol. The number of imidazole rings is 1. The molecule has 6 heterocycles. The van der Waals surface area contributed by atoms with Gasteiger partial charge >= 0.3 is 0 Å². The maximum atomic E-state index is 14.8. The molecule has 5 N–H and O–H groups in total. The van der Waals surface area contributed by atoms with Gasteiger partial charge in [0.2, 0.25) is 5.88 Å². The first-order valence-corrected chi connectivity index (χ1v) is 30.2. The highest BCUT2D eigenvalue weighted by molar-refractivity contribution is 7.90. The van der Waals surface area contributed by atoms with E-state index in [0.29, 0.717) is 73.8 Å². The number of fused-ring (bicyclic) bond motifs is 3. The van der Waals surface area contributed by atoms with Crippen LogP contribution < -0.4 is 29.3 Å². The summed E-state index contributed by atoms with van der Waals surface area (Å²) in [7, 11) is -3.08. The molecule has 0 bridgehead atoms. The number of aliphatic hydroxyl groups is 1. The van der Waals surface area contributed by atoms with Crippen molar-refractivity contribution in [2.24, 2.45) is 11.3 Å². The molecular formula is C61H73N11O8S.